The van der Waals surface area contributed by atoms with Crippen LogP contribution in [0.15, 0.2) is 0 Å². The van der Waals surface area contributed by atoms with E-state index in [0.717, 1.165) is 12.2 Å². The number of ketones is 1. The van der Waals surface area contributed by atoms with Crippen molar-refractivity contribution >= 4 is 29.5 Å². The van der Waals surface area contributed by atoms with E-state index in [0.29, 0.717) is 12.8 Å². The Hall–Kier alpha value is -1.28. The van der Waals surface area contributed by atoms with Gasteiger partial charge < -0.3 is 21.5 Å². The molecule has 0 aromatic carbocycles. The molecule has 0 radical (unpaired) electrons. The number of hydrogen-bond donors (Lipinski definition) is 4. The van der Waals surface area contributed by atoms with Crippen LogP contribution in [0.1, 0.15) is 19.3 Å². The Bertz CT molecular complexity index is 418. The van der Waals surface area contributed by atoms with Crippen molar-refractivity contribution in [3.05, 3.63) is 0 Å². The summed E-state index contributed by atoms with van der Waals surface area (Å²) in [4.78, 5) is 33.7. The van der Waals surface area contributed by atoms with E-state index in [2.05, 4.69) is 10.6 Å². The minimum atomic E-state index is -1.10. The molecule has 0 spiro atoms. The van der Waals surface area contributed by atoms with Gasteiger partial charge in [-0.25, -0.2) is 4.79 Å². The summed E-state index contributed by atoms with van der Waals surface area (Å²) < 4.78 is 0. The van der Waals surface area contributed by atoms with Crippen LogP contribution < -0.4 is 16.4 Å². The fraction of sp³-hybridized carbons (Fsp3) is 0.750. The van der Waals surface area contributed by atoms with Crippen molar-refractivity contribution in [2.24, 2.45) is 11.7 Å². The first-order chi connectivity index (χ1) is 9.52. The summed E-state index contributed by atoms with van der Waals surface area (Å²) in [6.07, 6.45) is 1.73. The average Bonchev–Trinajstić information content (AvgIpc) is 2.93. The molecule has 2 aliphatic heterocycles. The van der Waals surface area contributed by atoms with E-state index in [1.807, 2.05) is 0 Å². The van der Waals surface area contributed by atoms with Gasteiger partial charge in [0.25, 0.3) is 0 Å². The van der Waals surface area contributed by atoms with Crippen LogP contribution in [0, 0.1) is 5.92 Å². The number of carbonyl (C=O) groups excluding carboxylic acids is 2. The van der Waals surface area contributed by atoms with Crippen LogP contribution in [0.5, 0.6) is 0 Å². The van der Waals surface area contributed by atoms with Gasteiger partial charge in [0.1, 0.15) is 5.92 Å². The lowest BCUT2D eigenvalue weighted by Crippen LogP contribution is -2.37. The number of urea groups is 1. The molecule has 4 atom stereocenters. The Balaban J connectivity index is 1.79. The quantitative estimate of drug-likeness (QED) is 0.373. The Morgan fingerprint density at radius 2 is 2.20 bits per heavy atom. The van der Waals surface area contributed by atoms with E-state index < -0.39 is 17.7 Å². The molecule has 112 valence electrons. The Morgan fingerprint density at radius 1 is 1.45 bits per heavy atom. The molecule has 1 unspecified atom stereocenters. The highest BCUT2D eigenvalue weighted by atomic mass is 32.2. The zero-order valence-electron chi connectivity index (χ0n) is 11.0. The Morgan fingerprint density at radius 3 is 2.85 bits per heavy atom. The zero-order chi connectivity index (χ0) is 14.7. The van der Waals surface area contributed by atoms with E-state index in [1.165, 1.54) is 0 Å². The first kappa shape index (κ1) is 15.1. The molecule has 8 heteroatoms. The van der Waals surface area contributed by atoms with Gasteiger partial charge in [0, 0.05) is 11.0 Å². The topological polar surface area (TPSA) is 122 Å². The van der Waals surface area contributed by atoms with Crippen molar-refractivity contribution < 1.29 is 19.5 Å². The molecule has 0 aliphatic carbocycles. The van der Waals surface area contributed by atoms with Gasteiger partial charge in [-0.15, -0.1) is 0 Å². The van der Waals surface area contributed by atoms with E-state index in [1.54, 1.807) is 11.8 Å². The van der Waals surface area contributed by atoms with E-state index in [9.17, 15) is 14.4 Å². The molecule has 2 rings (SSSR count). The number of Topliss-reactive ketones (excluding diaryl/α,β-unsaturated/α-hetero) is 1. The normalized spacial score (nSPS) is 29.4. The molecule has 0 saturated carbocycles. The van der Waals surface area contributed by atoms with Crippen LogP contribution in [0.3, 0.4) is 0 Å². The number of carbonyl (C=O) groups is 3. The molecule has 7 nitrogen and oxygen atoms in total. The van der Waals surface area contributed by atoms with Gasteiger partial charge in [-0.3, -0.25) is 9.59 Å². The van der Waals surface area contributed by atoms with Crippen LogP contribution in [0.2, 0.25) is 0 Å². The van der Waals surface area contributed by atoms with Gasteiger partial charge in [0.15, 0.2) is 5.78 Å². The number of thioether (sulfide) groups is 1. The SMILES string of the molecule is NCC(=O)C(CCC[C@@H]1SC[C@@H]2NC(=O)N[C@@H]21)C(=O)O. The monoisotopic (exact) mass is 301 g/mol. The Labute approximate surface area is 121 Å². The van der Waals surface area contributed by atoms with Crippen molar-refractivity contribution in [2.45, 2.75) is 36.6 Å². The number of carboxylic acid groups (broad SMARTS) is 1. The fourth-order valence-corrected chi connectivity index (χ4v) is 4.27. The van der Waals surface area contributed by atoms with E-state index in [-0.39, 0.29) is 29.9 Å². The second-order valence-corrected chi connectivity index (χ2v) is 6.39. The largest absolute Gasteiger partial charge is 0.481 e. The zero-order valence-corrected chi connectivity index (χ0v) is 11.8. The molecule has 2 heterocycles. The van der Waals surface area contributed by atoms with E-state index in [4.69, 9.17) is 10.8 Å². The predicted molar refractivity (Wildman–Crippen MR) is 74.5 cm³/mol. The summed E-state index contributed by atoms with van der Waals surface area (Å²) in [5.41, 5.74) is 5.22. The first-order valence-corrected chi connectivity index (χ1v) is 7.72. The van der Waals surface area contributed by atoms with Crippen molar-refractivity contribution in [3.8, 4) is 0 Å². The van der Waals surface area contributed by atoms with Crippen LogP contribution >= 0.6 is 11.8 Å². The number of hydrogen-bond acceptors (Lipinski definition) is 5. The second-order valence-electron chi connectivity index (χ2n) is 5.11. The maximum atomic E-state index is 11.4. The summed E-state index contributed by atoms with van der Waals surface area (Å²) in [6, 6.07) is 0.145. The third-order valence-corrected chi connectivity index (χ3v) is 5.32. The summed E-state index contributed by atoms with van der Waals surface area (Å²) in [5.74, 6) is -1.66. The predicted octanol–water partition coefficient (Wildman–Crippen LogP) is -0.449. The standard InChI is InChI=1S/C12H19N3O4S/c13-4-8(16)6(11(17)18)2-1-3-9-10-7(5-20-9)14-12(19)15-10/h6-7,9-10H,1-5,13H2,(H,17,18)(H2,14,15,19)/t6?,7-,9-,10-/m0/s1. The van der Waals surface area contributed by atoms with Gasteiger partial charge in [0.2, 0.25) is 0 Å². The molecule has 0 aromatic heterocycles. The van der Waals surface area contributed by atoms with Crippen LogP contribution in [-0.4, -0.2) is 52.5 Å². The van der Waals surface area contributed by atoms with Gasteiger partial charge in [0.05, 0.1) is 18.6 Å². The molecule has 2 saturated heterocycles. The smallest absolute Gasteiger partial charge is 0.315 e. The number of carboxylic acids is 1. The molecular weight excluding hydrogens is 282 g/mol. The molecule has 5 N–H and O–H groups in total. The molecule has 2 fully saturated rings. The van der Waals surface area contributed by atoms with Crippen molar-refractivity contribution in [2.75, 3.05) is 12.3 Å². The fourth-order valence-electron chi connectivity index (χ4n) is 2.73. The van der Waals surface area contributed by atoms with Crippen molar-refractivity contribution in [1.29, 1.82) is 0 Å². The maximum Gasteiger partial charge on any atom is 0.315 e. The second kappa shape index (κ2) is 6.45. The maximum absolute atomic E-state index is 11.4. The lowest BCUT2D eigenvalue weighted by Gasteiger charge is -2.17. The van der Waals surface area contributed by atoms with Crippen molar-refractivity contribution in [3.63, 3.8) is 0 Å². The van der Waals surface area contributed by atoms with Crippen LogP contribution in [0.25, 0.3) is 0 Å². The third-order valence-electron chi connectivity index (χ3n) is 3.81. The molecule has 0 bridgehead atoms. The van der Waals surface area contributed by atoms with Gasteiger partial charge in [-0.1, -0.05) is 6.42 Å². The lowest BCUT2D eigenvalue weighted by molar-refractivity contribution is -0.146. The molecule has 2 amide bonds. The average molecular weight is 301 g/mol. The third kappa shape index (κ3) is 3.24. The molecule has 20 heavy (non-hydrogen) atoms. The number of fused-ring (bicyclic) bond motifs is 1. The number of nitrogens with two attached hydrogens (primary N) is 1. The van der Waals surface area contributed by atoms with Gasteiger partial charge in [-0.2, -0.15) is 11.8 Å². The first-order valence-electron chi connectivity index (χ1n) is 6.67. The lowest BCUT2D eigenvalue weighted by atomic mass is 9.95. The van der Waals surface area contributed by atoms with Crippen molar-refractivity contribution in [1.82, 2.24) is 10.6 Å². The summed E-state index contributed by atoms with van der Waals surface area (Å²) in [5, 5.41) is 15.0. The highest BCUT2D eigenvalue weighted by Gasteiger charge is 2.42. The summed E-state index contributed by atoms with van der Waals surface area (Å²) in [7, 11) is 0. The summed E-state index contributed by atoms with van der Waals surface area (Å²) in [6.45, 7) is -0.236. The minimum Gasteiger partial charge on any atom is -0.481 e. The highest BCUT2D eigenvalue weighted by molar-refractivity contribution is 8.00. The van der Waals surface area contributed by atoms with Gasteiger partial charge in [-0.05, 0) is 12.8 Å². The molecule has 0 aromatic rings. The number of rotatable bonds is 7. The van der Waals surface area contributed by atoms with Crippen LogP contribution in [0.4, 0.5) is 4.79 Å². The minimum absolute atomic E-state index is 0.112. The summed E-state index contributed by atoms with van der Waals surface area (Å²) >= 11 is 1.78. The van der Waals surface area contributed by atoms with E-state index >= 15 is 0 Å². The Kier molecular flexibility index (Phi) is 4.87. The number of amides is 2. The van der Waals surface area contributed by atoms with Crippen LogP contribution in [-0.2, 0) is 9.59 Å². The van der Waals surface area contributed by atoms with Gasteiger partial charge >= 0.3 is 12.0 Å². The number of aliphatic carboxylic acids is 1. The molecular formula is C12H19N3O4S. The molecule has 2 aliphatic rings. The highest BCUT2D eigenvalue weighted by Crippen LogP contribution is 2.33. The number of nitrogens with one attached hydrogen (secondary N) is 2.